The number of esters is 1. The van der Waals surface area contributed by atoms with Gasteiger partial charge < -0.3 is 20.1 Å². The Balaban J connectivity index is 2.46. The first-order valence-electron chi connectivity index (χ1n) is 7.69. The summed E-state index contributed by atoms with van der Waals surface area (Å²) >= 11 is 0. The van der Waals surface area contributed by atoms with Crippen LogP contribution in [0.3, 0.4) is 0 Å². The second kappa shape index (κ2) is 9.84. The number of aryl methyl sites for hydroxylation is 2. The molecule has 1 amide bonds. The Morgan fingerprint density at radius 1 is 1.13 bits per heavy atom. The quantitative estimate of drug-likeness (QED) is 0.532. The highest BCUT2D eigenvalue weighted by Crippen LogP contribution is 2.24. The van der Waals surface area contributed by atoms with Crippen LogP contribution in [-0.4, -0.2) is 38.7 Å². The van der Waals surface area contributed by atoms with Crippen LogP contribution in [0, 0.1) is 13.8 Å². The van der Waals surface area contributed by atoms with Crippen LogP contribution < -0.4 is 15.4 Å². The molecule has 0 saturated heterocycles. The van der Waals surface area contributed by atoms with E-state index in [9.17, 15) is 9.59 Å². The molecule has 0 bridgehead atoms. The van der Waals surface area contributed by atoms with Gasteiger partial charge in [0.05, 0.1) is 7.11 Å². The summed E-state index contributed by atoms with van der Waals surface area (Å²) in [5, 5.41) is 6.11. The molecule has 0 heterocycles. The first-order chi connectivity index (χ1) is 10.9. The van der Waals surface area contributed by atoms with Crippen molar-refractivity contribution in [1.82, 2.24) is 10.6 Å². The summed E-state index contributed by atoms with van der Waals surface area (Å²) in [6, 6.07) is 4.08. The molecule has 0 fully saturated rings. The number of methoxy groups -OCH3 is 1. The van der Waals surface area contributed by atoms with Crippen molar-refractivity contribution >= 4 is 11.9 Å². The third-order valence-corrected chi connectivity index (χ3v) is 3.32. The van der Waals surface area contributed by atoms with Crippen LogP contribution in [0.5, 0.6) is 5.75 Å². The molecule has 0 radical (unpaired) electrons. The van der Waals surface area contributed by atoms with E-state index in [0.717, 1.165) is 42.0 Å². The molecular formula is C17H26N2O4. The Labute approximate surface area is 137 Å². The fraction of sp³-hybridized carbons (Fsp3) is 0.529. The molecule has 2 N–H and O–H groups in total. The van der Waals surface area contributed by atoms with Gasteiger partial charge in [0, 0.05) is 20.0 Å². The molecule has 0 atom stereocenters. The zero-order valence-corrected chi connectivity index (χ0v) is 14.3. The van der Waals surface area contributed by atoms with Gasteiger partial charge in [0.2, 0.25) is 5.91 Å². The van der Waals surface area contributed by atoms with Crippen molar-refractivity contribution in [3.8, 4) is 5.75 Å². The Morgan fingerprint density at radius 3 is 2.35 bits per heavy atom. The molecule has 1 rings (SSSR count). The topological polar surface area (TPSA) is 76.7 Å². The third kappa shape index (κ3) is 7.15. The van der Waals surface area contributed by atoms with Gasteiger partial charge in [-0.25, -0.2) is 4.79 Å². The average molecular weight is 322 g/mol. The number of hydrogen-bond acceptors (Lipinski definition) is 5. The normalized spacial score (nSPS) is 10.3. The summed E-state index contributed by atoms with van der Waals surface area (Å²) in [7, 11) is 1.34. The molecule has 6 heteroatoms. The molecule has 1 aromatic rings. The van der Waals surface area contributed by atoms with E-state index >= 15 is 0 Å². The average Bonchev–Trinajstić information content (AvgIpc) is 2.49. The number of hydrogen-bond donors (Lipinski definition) is 2. The number of carbonyl (C=O) groups excluding carboxylic acids is 2. The maximum absolute atomic E-state index is 11.2. The smallest absolute Gasteiger partial charge is 0.343 e. The highest BCUT2D eigenvalue weighted by atomic mass is 16.6. The van der Waals surface area contributed by atoms with E-state index < -0.39 is 5.97 Å². The summed E-state index contributed by atoms with van der Waals surface area (Å²) in [6.45, 7) is 7.61. The van der Waals surface area contributed by atoms with Crippen LogP contribution in [0.4, 0.5) is 0 Å². The van der Waals surface area contributed by atoms with Gasteiger partial charge in [-0.2, -0.15) is 0 Å². The number of benzene rings is 1. The molecule has 0 aliphatic carbocycles. The van der Waals surface area contributed by atoms with E-state index in [1.807, 2.05) is 26.0 Å². The molecule has 23 heavy (non-hydrogen) atoms. The largest absolute Gasteiger partial charge is 0.481 e. The molecule has 0 aliphatic rings. The number of amides is 1. The van der Waals surface area contributed by atoms with E-state index in [-0.39, 0.29) is 12.5 Å². The van der Waals surface area contributed by atoms with Crippen LogP contribution >= 0.6 is 0 Å². The lowest BCUT2D eigenvalue weighted by Crippen LogP contribution is -2.25. The van der Waals surface area contributed by atoms with Crippen molar-refractivity contribution in [1.29, 1.82) is 0 Å². The minimum atomic E-state index is -0.395. The summed E-state index contributed by atoms with van der Waals surface area (Å²) in [5.74, 6) is 0.331. The standard InChI is InChI=1S/C17H26N2O4/c1-12-8-15(10-18-6-5-7-19-14(3)20)9-13(2)17(12)23-11-16(21)22-4/h8-9,18H,5-7,10-11H2,1-4H3,(H,19,20). The van der Waals surface area contributed by atoms with E-state index in [2.05, 4.69) is 15.4 Å². The van der Waals surface area contributed by atoms with Crippen LogP contribution in [0.1, 0.15) is 30.0 Å². The third-order valence-electron chi connectivity index (χ3n) is 3.32. The van der Waals surface area contributed by atoms with Gasteiger partial charge in [0.25, 0.3) is 0 Å². The molecular weight excluding hydrogens is 296 g/mol. The first kappa shape index (κ1) is 19.0. The molecule has 0 spiro atoms. The number of carbonyl (C=O) groups is 2. The fourth-order valence-electron chi connectivity index (χ4n) is 2.27. The highest BCUT2D eigenvalue weighted by Gasteiger charge is 2.09. The summed E-state index contributed by atoms with van der Waals surface area (Å²) in [6.07, 6.45) is 0.887. The second-order valence-corrected chi connectivity index (χ2v) is 5.44. The van der Waals surface area contributed by atoms with Crippen molar-refractivity contribution in [3.05, 3.63) is 28.8 Å². The minimum Gasteiger partial charge on any atom is -0.481 e. The van der Waals surface area contributed by atoms with Crippen molar-refractivity contribution in [2.45, 2.75) is 33.7 Å². The second-order valence-electron chi connectivity index (χ2n) is 5.44. The molecule has 128 valence electrons. The molecule has 0 aliphatic heterocycles. The van der Waals surface area contributed by atoms with Crippen LogP contribution in [0.15, 0.2) is 12.1 Å². The predicted octanol–water partition coefficient (Wildman–Crippen LogP) is 1.47. The van der Waals surface area contributed by atoms with Crippen molar-refractivity contribution in [3.63, 3.8) is 0 Å². The van der Waals surface area contributed by atoms with Gasteiger partial charge in [-0.1, -0.05) is 12.1 Å². The predicted molar refractivity (Wildman–Crippen MR) is 88.4 cm³/mol. The lowest BCUT2D eigenvalue weighted by atomic mass is 10.1. The first-order valence-corrected chi connectivity index (χ1v) is 7.69. The maximum atomic E-state index is 11.2. The highest BCUT2D eigenvalue weighted by molar-refractivity contribution is 5.72. The Hall–Kier alpha value is -2.08. The van der Waals surface area contributed by atoms with Gasteiger partial charge in [-0.3, -0.25) is 4.79 Å². The van der Waals surface area contributed by atoms with Gasteiger partial charge in [0.1, 0.15) is 5.75 Å². The lowest BCUT2D eigenvalue weighted by Gasteiger charge is -2.14. The number of nitrogens with one attached hydrogen (secondary N) is 2. The van der Waals surface area contributed by atoms with E-state index in [1.54, 1.807) is 0 Å². The number of rotatable bonds is 9. The van der Waals surface area contributed by atoms with Crippen LogP contribution in [-0.2, 0) is 20.9 Å². The van der Waals surface area contributed by atoms with Gasteiger partial charge in [-0.15, -0.1) is 0 Å². The summed E-state index contributed by atoms with van der Waals surface area (Å²) in [4.78, 5) is 21.9. The molecule has 1 aromatic carbocycles. The Morgan fingerprint density at radius 2 is 1.78 bits per heavy atom. The lowest BCUT2D eigenvalue weighted by molar-refractivity contribution is -0.142. The zero-order chi connectivity index (χ0) is 17.2. The van der Waals surface area contributed by atoms with Crippen molar-refractivity contribution in [2.24, 2.45) is 0 Å². The van der Waals surface area contributed by atoms with Gasteiger partial charge >= 0.3 is 5.97 Å². The molecule has 0 aromatic heterocycles. The van der Waals surface area contributed by atoms with Crippen LogP contribution in [0.2, 0.25) is 0 Å². The summed E-state index contributed by atoms with van der Waals surface area (Å²) < 4.78 is 10.1. The Bertz CT molecular complexity index is 520. The zero-order valence-electron chi connectivity index (χ0n) is 14.3. The van der Waals surface area contributed by atoms with Gasteiger partial charge in [0.15, 0.2) is 6.61 Å². The van der Waals surface area contributed by atoms with Crippen LogP contribution in [0.25, 0.3) is 0 Å². The van der Waals surface area contributed by atoms with Crippen molar-refractivity contribution in [2.75, 3.05) is 26.8 Å². The van der Waals surface area contributed by atoms with E-state index in [0.29, 0.717) is 6.54 Å². The maximum Gasteiger partial charge on any atom is 0.343 e. The van der Waals surface area contributed by atoms with Crippen molar-refractivity contribution < 1.29 is 19.1 Å². The molecule has 0 unspecified atom stereocenters. The number of ether oxygens (including phenoxy) is 2. The van der Waals surface area contributed by atoms with Gasteiger partial charge in [-0.05, 0) is 43.5 Å². The molecule has 6 nitrogen and oxygen atoms in total. The molecule has 0 saturated carbocycles. The SMILES string of the molecule is COC(=O)COc1c(C)cc(CNCCCNC(C)=O)cc1C. The minimum absolute atomic E-state index is 0.00112. The Kier molecular flexibility index (Phi) is 8.11. The van der Waals surface area contributed by atoms with E-state index in [4.69, 9.17) is 4.74 Å². The monoisotopic (exact) mass is 322 g/mol. The van der Waals surface area contributed by atoms with E-state index in [1.165, 1.54) is 14.0 Å². The summed E-state index contributed by atoms with van der Waals surface area (Å²) in [5.41, 5.74) is 3.14. The fourth-order valence-corrected chi connectivity index (χ4v) is 2.27.